The predicted molar refractivity (Wildman–Crippen MR) is 115 cm³/mol. The summed E-state index contributed by atoms with van der Waals surface area (Å²) in [6.45, 7) is 9.40. The molecule has 2 aliphatic rings. The van der Waals surface area contributed by atoms with Crippen molar-refractivity contribution in [1.29, 1.82) is 0 Å². The standard InChI is InChI=1S/C17H30N8O.HI/c1-12-21-22-14(23(12)4)11-19-16(20-13-5-6-13)24-7-9-25(10-8-24)17(2,3)15(18)26;/h13H,5-11H2,1-4H3,(H2,18,26)(H,19,20);1H. The summed E-state index contributed by atoms with van der Waals surface area (Å²) >= 11 is 0. The Labute approximate surface area is 177 Å². The lowest BCUT2D eigenvalue weighted by Gasteiger charge is -2.43. The van der Waals surface area contributed by atoms with Gasteiger partial charge in [0.15, 0.2) is 11.8 Å². The Morgan fingerprint density at radius 3 is 2.37 bits per heavy atom. The number of aliphatic imine (C=N–C) groups is 1. The van der Waals surface area contributed by atoms with Crippen molar-refractivity contribution in [3.63, 3.8) is 0 Å². The van der Waals surface area contributed by atoms with Gasteiger partial charge in [-0.1, -0.05) is 0 Å². The molecular weight excluding hydrogens is 459 g/mol. The molecule has 1 amide bonds. The second-order valence-corrected chi connectivity index (χ2v) is 7.68. The summed E-state index contributed by atoms with van der Waals surface area (Å²) in [5.74, 6) is 2.37. The number of primary amides is 1. The van der Waals surface area contributed by atoms with E-state index in [-0.39, 0.29) is 29.9 Å². The quantitative estimate of drug-likeness (QED) is 0.348. The number of hydrogen-bond acceptors (Lipinski definition) is 5. The van der Waals surface area contributed by atoms with Gasteiger partial charge in [0.2, 0.25) is 5.91 Å². The maximum atomic E-state index is 11.7. The molecule has 27 heavy (non-hydrogen) atoms. The fourth-order valence-corrected chi connectivity index (χ4v) is 3.01. The number of carbonyl (C=O) groups is 1. The van der Waals surface area contributed by atoms with Crippen molar-refractivity contribution in [3.8, 4) is 0 Å². The minimum atomic E-state index is -0.622. The van der Waals surface area contributed by atoms with Crippen LogP contribution in [0.3, 0.4) is 0 Å². The highest BCUT2D eigenvalue weighted by Crippen LogP contribution is 2.21. The summed E-state index contributed by atoms with van der Waals surface area (Å²) in [5.41, 5.74) is 4.93. The SMILES string of the molecule is Cc1nnc(CN=C(NC2CC2)N2CCN(C(C)(C)C(N)=O)CC2)n1C.I. The Balaban J connectivity index is 0.00000261. The van der Waals surface area contributed by atoms with E-state index in [9.17, 15) is 4.79 Å². The maximum absolute atomic E-state index is 11.7. The largest absolute Gasteiger partial charge is 0.368 e. The number of amides is 1. The van der Waals surface area contributed by atoms with Crippen molar-refractivity contribution < 1.29 is 4.79 Å². The zero-order valence-corrected chi connectivity index (χ0v) is 18.9. The smallest absolute Gasteiger partial charge is 0.237 e. The van der Waals surface area contributed by atoms with Gasteiger partial charge in [-0.15, -0.1) is 34.2 Å². The van der Waals surface area contributed by atoms with E-state index in [4.69, 9.17) is 10.7 Å². The molecule has 152 valence electrons. The van der Waals surface area contributed by atoms with E-state index in [0.29, 0.717) is 12.6 Å². The Kier molecular flexibility index (Phi) is 7.06. The number of rotatable bonds is 5. The van der Waals surface area contributed by atoms with Gasteiger partial charge in [0.05, 0.1) is 5.54 Å². The highest BCUT2D eigenvalue weighted by Gasteiger charge is 2.35. The predicted octanol–water partition coefficient (Wildman–Crippen LogP) is 0.231. The van der Waals surface area contributed by atoms with E-state index < -0.39 is 5.54 Å². The number of nitrogens with zero attached hydrogens (tertiary/aromatic N) is 6. The molecule has 0 unspecified atom stereocenters. The van der Waals surface area contributed by atoms with E-state index in [0.717, 1.165) is 43.8 Å². The van der Waals surface area contributed by atoms with E-state index in [2.05, 4.69) is 25.3 Å². The summed E-state index contributed by atoms with van der Waals surface area (Å²) in [5, 5.41) is 11.8. The van der Waals surface area contributed by atoms with Crippen molar-refractivity contribution >= 4 is 35.8 Å². The van der Waals surface area contributed by atoms with Crippen LogP contribution in [0.4, 0.5) is 0 Å². The molecule has 1 aliphatic heterocycles. The number of aryl methyl sites for hydroxylation is 1. The van der Waals surface area contributed by atoms with Crippen molar-refractivity contribution in [1.82, 2.24) is 29.9 Å². The van der Waals surface area contributed by atoms with Crippen LogP contribution in [-0.4, -0.2) is 74.2 Å². The molecule has 0 radical (unpaired) electrons. The van der Waals surface area contributed by atoms with Gasteiger partial charge in [-0.3, -0.25) is 9.69 Å². The average molecular weight is 490 g/mol. The Morgan fingerprint density at radius 1 is 1.26 bits per heavy atom. The van der Waals surface area contributed by atoms with Crippen LogP contribution in [0, 0.1) is 6.92 Å². The Bertz CT molecular complexity index is 689. The summed E-state index contributed by atoms with van der Waals surface area (Å²) in [6, 6.07) is 0.523. The molecular formula is C17H31IN8O. The van der Waals surface area contributed by atoms with Gasteiger partial charge in [-0.2, -0.15) is 0 Å². The van der Waals surface area contributed by atoms with Crippen LogP contribution in [-0.2, 0) is 18.4 Å². The molecule has 3 rings (SSSR count). The number of nitrogens with two attached hydrogens (primary N) is 1. The van der Waals surface area contributed by atoms with E-state index >= 15 is 0 Å². The monoisotopic (exact) mass is 490 g/mol. The second kappa shape index (κ2) is 8.72. The normalized spacial score (nSPS) is 19.0. The highest BCUT2D eigenvalue weighted by molar-refractivity contribution is 14.0. The lowest BCUT2D eigenvalue weighted by molar-refractivity contribution is -0.129. The van der Waals surface area contributed by atoms with Gasteiger partial charge in [-0.05, 0) is 33.6 Å². The molecule has 2 fully saturated rings. The third-order valence-electron chi connectivity index (χ3n) is 5.44. The van der Waals surface area contributed by atoms with Crippen LogP contribution >= 0.6 is 24.0 Å². The van der Waals surface area contributed by atoms with E-state index in [1.807, 2.05) is 32.4 Å². The number of nitrogens with one attached hydrogen (secondary N) is 1. The second-order valence-electron chi connectivity index (χ2n) is 7.68. The third kappa shape index (κ3) is 5.09. The number of hydrogen-bond donors (Lipinski definition) is 2. The zero-order chi connectivity index (χ0) is 18.9. The average Bonchev–Trinajstić information content (AvgIpc) is 3.38. The first kappa shape index (κ1) is 21.9. The molecule has 1 saturated heterocycles. The highest BCUT2D eigenvalue weighted by atomic mass is 127. The van der Waals surface area contributed by atoms with Gasteiger partial charge >= 0.3 is 0 Å². The van der Waals surface area contributed by atoms with Crippen LogP contribution in [0.5, 0.6) is 0 Å². The van der Waals surface area contributed by atoms with Crippen molar-refractivity contribution in [3.05, 3.63) is 11.6 Å². The molecule has 1 aromatic rings. The van der Waals surface area contributed by atoms with Crippen LogP contribution in [0.15, 0.2) is 4.99 Å². The lowest BCUT2D eigenvalue weighted by Crippen LogP contribution is -2.61. The van der Waals surface area contributed by atoms with E-state index in [1.165, 1.54) is 12.8 Å². The molecule has 0 bridgehead atoms. The van der Waals surface area contributed by atoms with Crippen molar-refractivity contribution in [2.75, 3.05) is 26.2 Å². The molecule has 3 N–H and O–H groups in total. The van der Waals surface area contributed by atoms with Crippen LogP contribution in [0.2, 0.25) is 0 Å². The number of aromatic nitrogens is 3. The third-order valence-corrected chi connectivity index (χ3v) is 5.44. The molecule has 1 aliphatic carbocycles. The van der Waals surface area contributed by atoms with E-state index in [1.54, 1.807) is 0 Å². The first-order chi connectivity index (χ1) is 12.3. The van der Waals surface area contributed by atoms with Gasteiger partial charge in [0.25, 0.3) is 0 Å². The zero-order valence-electron chi connectivity index (χ0n) is 16.6. The van der Waals surface area contributed by atoms with Crippen LogP contribution < -0.4 is 11.1 Å². The minimum Gasteiger partial charge on any atom is -0.368 e. The molecule has 1 aromatic heterocycles. The molecule has 10 heteroatoms. The number of carbonyl (C=O) groups excluding carboxylic acids is 1. The number of halogens is 1. The van der Waals surface area contributed by atoms with Crippen molar-refractivity contribution in [2.45, 2.75) is 51.7 Å². The van der Waals surface area contributed by atoms with Gasteiger partial charge < -0.3 is 20.5 Å². The maximum Gasteiger partial charge on any atom is 0.237 e. The molecule has 9 nitrogen and oxygen atoms in total. The van der Waals surface area contributed by atoms with Gasteiger partial charge in [-0.25, -0.2) is 4.99 Å². The van der Waals surface area contributed by atoms with Gasteiger partial charge in [0, 0.05) is 39.3 Å². The fraction of sp³-hybridized carbons (Fsp3) is 0.765. The lowest BCUT2D eigenvalue weighted by atomic mass is 10.0. The summed E-state index contributed by atoms with van der Waals surface area (Å²) < 4.78 is 1.96. The number of piperazine rings is 1. The minimum absolute atomic E-state index is 0. The molecule has 0 spiro atoms. The summed E-state index contributed by atoms with van der Waals surface area (Å²) in [7, 11) is 1.96. The molecule has 0 atom stereocenters. The Hall–Kier alpha value is -1.43. The molecule has 1 saturated carbocycles. The van der Waals surface area contributed by atoms with Crippen molar-refractivity contribution in [2.24, 2.45) is 17.8 Å². The molecule has 0 aromatic carbocycles. The van der Waals surface area contributed by atoms with Crippen LogP contribution in [0.1, 0.15) is 38.3 Å². The van der Waals surface area contributed by atoms with Crippen LogP contribution in [0.25, 0.3) is 0 Å². The first-order valence-corrected chi connectivity index (χ1v) is 9.25. The summed E-state index contributed by atoms with van der Waals surface area (Å²) in [6.07, 6.45) is 2.38. The first-order valence-electron chi connectivity index (χ1n) is 9.25. The number of guanidine groups is 1. The fourth-order valence-electron chi connectivity index (χ4n) is 3.01. The van der Waals surface area contributed by atoms with Gasteiger partial charge in [0.1, 0.15) is 12.4 Å². The Morgan fingerprint density at radius 2 is 1.89 bits per heavy atom. The topological polar surface area (TPSA) is 105 Å². The molecule has 2 heterocycles. The summed E-state index contributed by atoms with van der Waals surface area (Å²) in [4.78, 5) is 20.9.